The van der Waals surface area contributed by atoms with Gasteiger partial charge >= 0.3 is 0 Å². The average Bonchev–Trinajstić information content (AvgIpc) is 3.02. The monoisotopic (exact) mass is 293 g/mol. The molecule has 1 fully saturated rings. The summed E-state index contributed by atoms with van der Waals surface area (Å²) in [5.41, 5.74) is 2.53. The molecule has 108 valence electrons. The number of aryl methyl sites for hydroxylation is 1. The molecule has 2 atom stereocenters. The summed E-state index contributed by atoms with van der Waals surface area (Å²) in [4.78, 5) is 13.3. The van der Waals surface area contributed by atoms with Crippen LogP contribution in [-0.4, -0.2) is 34.3 Å². The Balaban J connectivity index is 2.02. The third-order valence-corrected chi connectivity index (χ3v) is 4.78. The van der Waals surface area contributed by atoms with Gasteiger partial charge in [-0.3, -0.25) is 5.43 Å². The Bertz CT molecular complexity index is 626. The fourth-order valence-corrected chi connectivity index (χ4v) is 3.58. The van der Waals surface area contributed by atoms with E-state index in [1.165, 1.54) is 4.88 Å². The molecule has 1 aliphatic rings. The van der Waals surface area contributed by atoms with Crippen LogP contribution in [0.5, 0.6) is 0 Å². The van der Waals surface area contributed by atoms with Gasteiger partial charge in [0.1, 0.15) is 10.6 Å². The lowest BCUT2D eigenvalue weighted by molar-refractivity contribution is 0.136. The predicted octanol–water partition coefficient (Wildman–Crippen LogP) is 1.49. The van der Waals surface area contributed by atoms with Crippen LogP contribution in [0.25, 0.3) is 10.2 Å². The summed E-state index contributed by atoms with van der Waals surface area (Å²) in [6.45, 7) is 5.64. The summed E-state index contributed by atoms with van der Waals surface area (Å²) in [5.74, 6) is 7.11. The molecular formula is C13H19N5OS. The summed E-state index contributed by atoms with van der Waals surface area (Å²) < 4.78 is 0. The molecule has 2 aromatic rings. The number of thiophene rings is 1. The third kappa shape index (κ3) is 2.32. The molecule has 7 heteroatoms. The van der Waals surface area contributed by atoms with Crippen LogP contribution in [0, 0.1) is 12.8 Å². The van der Waals surface area contributed by atoms with Crippen LogP contribution >= 0.6 is 11.3 Å². The van der Waals surface area contributed by atoms with Crippen LogP contribution in [0.4, 0.5) is 11.8 Å². The van der Waals surface area contributed by atoms with E-state index in [0.717, 1.165) is 35.5 Å². The zero-order valence-electron chi connectivity index (χ0n) is 11.6. The van der Waals surface area contributed by atoms with Crippen LogP contribution in [0.15, 0.2) is 6.07 Å². The van der Waals surface area contributed by atoms with Gasteiger partial charge in [-0.15, -0.1) is 11.3 Å². The molecule has 4 N–H and O–H groups in total. The second-order valence-corrected chi connectivity index (χ2v) is 6.56. The van der Waals surface area contributed by atoms with E-state index >= 15 is 0 Å². The highest BCUT2D eigenvalue weighted by Crippen LogP contribution is 2.34. The van der Waals surface area contributed by atoms with Crippen molar-refractivity contribution in [1.82, 2.24) is 9.97 Å². The fourth-order valence-electron chi connectivity index (χ4n) is 2.71. The van der Waals surface area contributed by atoms with Crippen LogP contribution in [0.3, 0.4) is 0 Å². The lowest BCUT2D eigenvalue weighted by Gasteiger charge is -2.19. The number of nitrogens with two attached hydrogens (primary N) is 1. The zero-order valence-corrected chi connectivity index (χ0v) is 12.4. The van der Waals surface area contributed by atoms with Crippen molar-refractivity contribution in [3.8, 4) is 0 Å². The van der Waals surface area contributed by atoms with Gasteiger partial charge in [0.05, 0.1) is 11.5 Å². The quantitative estimate of drug-likeness (QED) is 0.587. The summed E-state index contributed by atoms with van der Waals surface area (Å²) in [7, 11) is 0. The van der Waals surface area contributed by atoms with Crippen molar-refractivity contribution >= 4 is 33.3 Å². The molecule has 2 aromatic heterocycles. The number of aliphatic hydroxyl groups excluding tert-OH is 1. The molecule has 0 saturated carbocycles. The highest BCUT2D eigenvalue weighted by molar-refractivity contribution is 7.18. The molecular weight excluding hydrogens is 274 g/mol. The fraction of sp³-hybridized carbons (Fsp3) is 0.538. The van der Waals surface area contributed by atoms with Crippen LogP contribution in [0.1, 0.15) is 18.2 Å². The number of hydrogen-bond donors (Lipinski definition) is 3. The van der Waals surface area contributed by atoms with E-state index < -0.39 is 0 Å². The van der Waals surface area contributed by atoms with Gasteiger partial charge in [-0.05, 0) is 26.3 Å². The van der Waals surface area contributed by atoms with Crippen molar-refractivity contribution in [1.29, 1.82) is 0 Å². The molecule has 3 heterocycles. The number of fused-ring (bicyclic) bond motifs is 1. The molecule has 6 nitrogen and oxygen atoms in total. The summed E-state index contributed by atoms with van der Waals surface area (Å²) >= 11 is 1.64. The van der Waals surface area contributed by atoms with Gasteiger partial charge < -0.3 is 10.0 Å². The molecule has 0 amide bonds. The molecule has 2 unspecified atom stereocenters. The Morgan fingerprint density at radius 3 is 3.00 bits per heavy atom. The van der Waals surface area contributed by atoms with Crippen LogP contribution in [-0.2, 0) is 0 Å². The van der Waals surface area contributed by atoms with Crippen molar-refractivity contribution in [3.05, 3.63) is 10.9 Å². The van der Waals surface area contributed by atoms with E-state index in [1.54, 1.807) is 11.3 Å². The lowest BCUT2D eigenvalue weighted by Crippen LogP contribution is -2.25. The van der Waals surface area contributed by atoms with Crippen LogP contribution in [0.2, 0.25) is 0 Å². The van der Waals surface area contributed by atoms with Crippen molar-refractivity contribution in [3.63, 3.8) is 0 Å². The molecule has 0 aromatic carbocycles. The third-order valence-electron chi connectivity index (χ3n) is 3.83. The number of nitrogen functional groups attached to an aromatic ring is 1. The van der Waals surface area contributed by atoms with Crippen molar-refractivity contribution in [2.24, 2.45) is 11.8 Å². The number of nitrogens with zero attached hydrogens (tertiary/aromatic N) is 3. The molecule has 3 rings (SSSR count). The minimum absolute atomic E-state index is 0.284. The van der Waals surface area contributed by atoms with E-state index in [9.17, 15) is 5.11 Å². The number of anilines is 2. The van der Waals surface area contributed by atoms with Gasteiger partial charge in [0.25, 0.3) is 0 Å². The highest BCUT2D eigenvalue weighted by Gasteiger charge is 2.28. The number of hydrazine groups is 1. The van der Waals surface area contributed by atoms with E-state index in [2.05, 4.69) is 33.3 Å². The zero-order chi connectivity index (χ0) is 14.3. The van der Waals surface area contributed by atoms with Gasteiger partial charge in [0.2, 0.25) is 5.95 Å². The van der Waals surface area contributed by atoms with Gasteiger partial charge in [-0.1, -0.05) is 0 Å². The van der Waals surface area contributed by atoms with Gasteiger partial charge in [0, 0.05) is 23.9 Å². The summed E-state index contributed by atoms with van der Waals surface area (Å²) in [5, 5.41) is 10.8. The molecule has 1 aliphatic heterocycles. The Morgan fingerprint density at radius 2 is 2.35 bits per heavy atom. The van der Waals surface area contributed by atoms with Gasteiger partial charge in [0.15, 0.2) is 0 Å². The van der Waals surface area contributed by atoms with E-state index in [4.69, 9.17) is 5.84 Å². The average molecular weight is 293 g/mol. The Hall–Kier alpha value is -1.44. The molecule has 0 bridgehead atoms. The van der Waals surface area contributed by atoms with Crippen molar-refractivity contribution < 1.29 is 5.11 Å². The number of hydrogen-bond acceptors (Lipinski definition) is 7. The smallest absolute Gasteiger partial charge is 0.240 e. The first-order valence-electron chi connectivity index (χ1n) is 6.76. The summed E-state index contributed by atoms with van der Waals surface area (Å²) in [6, 6.07) is 2.12. The van der Waals surface area contributed by atoms with Gasteiger partial charge in [-0.25, -0.2) is 10.8 Å². The Kier molecular flexibility index (Phi) is 3.49. The first-order chi connectivity index (χ1) is 9.58. The van der Waals surface area contributed by atoms with Crippen molar-refractivity contribution in [2.75, 3.05) is 23.4 Å². The number of nitrogens with one attached hydrogen (secondary N) is 1. The first kappa shape index (κ1) is 13.5. The van der Waals surface area contributed by atoms with Crippen LogP contribution < -0.4 is 16.2 Å². The second-order valence-electron chi connectivity index (χ2n) is 5.33. The highest BCUT2D eigenvalue weighted by atomic mass is 32.1. The normalized spacial score (nSPS) is 20.6. The predicted molar refractivity (Wildman–Crippen MR) is 82.0 cm³/mol. The molecule has 1 saturated heterocycles. The lowest BCUT2D eigenvalue weighted by atomic mass is 10.0. The Labute approximate surface area is 121 Å². The molecule has 0 radical (unpaired) electrons. The maximum absolute atomic E-state index is 9.75. The SMILES string of the molecule is Cc1cc2c(N3CCC(C(C)O)C3)nc(NN)nc2s1. The van der Waals surface area contributed by atoms with E-state index in [1.807, 2.05) is 6.92 Å². The first-order valence-corrected chi connectivity index (χ1v) is 7.58. The standard InChI is InChI=1S/C13H19N5OS/c1-7-5-10-11(15-13(17-14)16-12(10)20-7)18-4-3-9(6-18)8(2)19/h5,8-9,19H,3-4,6,14H2,1-2H3,(H,15,16,17). The Morgan fingerprint density at radius 1 is 1.55 bits per heavy atom. The van der Waals surface area contributed by atoms with E-state index in [-0.39, 0.29) is 6.10 Å². The molecule has 0 spiro atoms. The minimum atomic E-state index is -0.284. The van der Waals surface area contributed by atoms with Gasteiger partial charge in [-0.2, -0.15) is 4.98 Å². The number of rotatable bonds is 3. The van der Waals surface area contributed by atoms with Crippen molar-refractivity contribution in [2.45, 2.75) is 26.4 Å². The molecule has 20 heavy (non-hydrogen) atoms. The number of aliphatic hydroxyl groups is 1. The maximum atomic E-state index is 9.75. The largest absolute Gasteiger partial charge is 0.393 e. The topological polar surface area (TPSA) is 87.3 Å². The maximum Gasteiger partial charge on any atom is 0.240 e. The minimum Gasteiger partial charge on any atom is -0.393 e. The number of aromatic nitrogens is 2. The second kappa shape index (κ2) is 5.16. The van der Waals surface area contributed by atoms with E-state index in [0.29, 0.717) is 11.9 Å². The summed E-state index contributed by atoms with van der Waals surface area (Å²) in [6.07, 6.45) is 0.700. The molecule has 0 aliphatic carbocycles.